The van der Waals surface area contributed by atoms with Crippen LogP contribution in [0.4, 0.5) is 0 Å². The predicted molar refractivity (Wildman–Crippen MR) is 65.4 cm³/mol. The lowest BCUT2D eigenvalue weighted by Crippen LogP contribution is -2.57. The summed E-state index contributed by atoms with van der Waals surface area (Å²) in [6, 6.07) is 0. The van der Waals surface area contributed by atoms with E-state index in [2.05, 4.69) is 0 Å². The molecule has 18 heavy (non-hydrogen) atoms. The normalized spacial score (nSPS) is 30.4. The minimum absolute atomic E-state index is 0.116. The summed E-state index contributed by atoms with van der Waals surface area (Å²) in [4.78, 5) is 24.4. The van der Waals surface area contributed by atoms with Crippen LogP contribution in [0, 0.1) is 5.92 Å². The van der Waals surface area contributed by atoms with Crippen LogP contribution in [-0.2, 0) is 9.59 Å². The van der Waals surface area contributed by atoms with Crippen molar-refractivity contribution in [2.45, 2.75) is 50.5 Å². The van der Waals surface area contributed by atoms with Crippen molar-refractivity contribution in [1.82, 2.24) is 4.90 Å². The summed E-state index contributed by atoms with van der Waals surface area (Å²) in [5.41, 5.74) is -0.918. The van der Waals surface area contributed by atoms with Gasteiger partial charge in [0.15, 0.2) is 0 Å². The van der Waals surface area contributed by atoms with Crippen molar-refractivity contribution < 1.29 is 19.8 Å². The molecule has 5 nitrogen and oxygen atoms in total. The molecule has 1 aliphatic heterocycles. The zero-order chi connectivity index (χ0) is 13.2. The lowest BCUT2D eigenvalue weighted by atomic mass is 9.73. The Morgan fingerprint density at radius 1 is 1.11 bits per heavy atom. The van der Waals surface area contributed by atoms with Gasteiger partial charge in [0.1, 0.15) is 5.54 Å². The Kier molecular flexibility index (Phi) is 3.90. The van der Waals surface area contributed by atoms with Crippen LogP contribution in [0.15, 0.2) is 0 Å². The van der Waals surface area contributed by atoms with E-state index < -0.39 is 17.5 Å². The van der Waals surface area contributed by atoms with Crippen molar-refractivity contribution in [3.05, 3.63) is 0 Å². The molecule has 2 aliphatic rings. The molecule has 2 N–H and O–H groups in total. The molecule has 0 amide bonds. The average molecular weight is 255 g/mol. The van der Waals surface area contributed by atoms with Crippen LogP contribution in [0.3, 0.4) is 0 Å². The predicted octanol–water partition coefficient (Wildman–Crippen LogP) is 1.57. The number of hydrogen-bond acceptors (Lipinski definition) is 3. The van der Waals surface area contributed by atoms with Gasteiger partial charge >= 0.3 is 11.9 Å². The van der Waals surface area contributed by atoms with Gasteiger partial charge < -0.3 is 10.2 Å². The van der Waals surface area contributed by atoms with Crippen molar-refractivity contribution in [2.24, 2.45) is 5.92 Å². The summed E-state index contributed by atoms with van der Waals surface area (Å²) >= 11 is 0. The molecular formula is C13H21NO4. The molecule has 1 saturated heterocycles. The van der Waals surface area contributed by atoms with Crippen LogP contribution in [0.25, 0.3) is 0 Å². The first-order valence-electron chi connectivity index (χ1n) is 6.77. The maximum Gasteiger partial charge on any atom is 0.324 e. The molecule has 2 fully saturated rings. The van der Waals surface area contributed by atoms with E-state index >= 15 is 0 Å². The number of likely N-dealkylation sites (tertiary alicyclic amines) is 1. The standard InChI is InChI=1S/C13H21NO4/c15-11(16)9-14-8-4-7-13(14,12(17)18)10-5-2-1-3-6-10/h10H,1-9H2,(H,15,16)(H,17,18)/t13-/m1/s1. The zero-order valence-corrected chi connectivity index (χ0v) is 10.6. The summed E-state index contributed by atoms with van der Waals surface area (Å²) < 4.78 is 0. The number of carboxylic acids is 2. The molecule has 0 bridgehead atoms. The Bertz CT molecular complexity index is 338. The van der Waals surface area contributed by atoms with Crippen molar-refractivity contribution in [2.75, 3.05) is 13.1 Å². The Hall–Kier alpha value is -1.10. The fourth-order valence-electron chi connectivity index (χ4n) is 3.74. The van der Waals surface area contributed by atoms with Gasteiger partial charge in [-0.15, -0.1) is 0 Å². The lowest BCUT2D eigenvalue weighted by Gasteiger charge is -2.42. The minimum atomic E-state index is -0.932. The minimum Gasteiger partial charge on any atom is -0.480 e. The van der Waals surface area contributed by atoms with Crippen LogP contribution >= 0.6 is 0 Å². The smallest absolute Gasteiger partial charge is 0.324 e. The van der Waals surface area contributed by atoms with E-state index in [-0.39, 0.29) is 12.5 Å². The quantitative estimate of drug-likeness (QED) is 0.797. The molecule has 2 rings (SSSR count). The van der Waals surface area contributed by atoms with E-state index in [4.69, 9.17) is 5.11 Å². The second-order valence-corrected chi connectivity index (χ2v) is 5.48. The third-order valence-corrected chi connectivity index (χ3v) is 4.53. The molecule has 5 heteroatoms. The topological polar surface area (TPSA) is 77.8 Å². The van der Waals surface area contributed by atoms with Gasteiger partial charge in [-0.2, -0.15) is 0 Å². The first-order valence-corrected chi connectivity index (χ1v) is 6.77. The highest BCUT2D eigenvalue weighted by molar-refractivity contribution is 5.81. The highest BCUT2D eigenvalue weighted by Gasteiger charge is 2.53. The maximum absolute atomic E-state index is 11.8. The molecule has 1 heterocycles. The van der Waals surface area contributed by atoms with E-state index in [1.54, 1.807) is 4.90 Å². The van der Waals surface area contributed by atoms with E-state index in [1.807, 2.05) is 0 Å². The van der Waals surface area contributed by atoms with Gasteiger partial charge in [-0.3, -0.25) is 14.5 Å². The molecule has 0 unspecified atom stereocenters. The van der Waals surface area contributed by atoms with E-state index in [1.165, 1.54) is 6.42 Å². The molecule has 1 aliphatic carbocycles. The van der Waals surface area contributed by atoms with Gasteiger partial charge in [-0.25, -0.2) is 0 Å². The molecule has 0 aromatic heterocycles. The molecule has 102 valence electrons. The van der Waals surface area contributed by atoms with Gasteiger partial charge in [0.25, 0.3) is 0 Å². The molecule has 0 aromatic carbocycles. The third kappa shape index (κ3) is 2.23. The van der Waals surface area contributed by atoms with E-state index in [0.29, 0.717) is 13.0 Å². The molecule has 0 aromatic rings. The van der Waals surface area contributed by atoms with Crippen molar-refractivity contribution in [3.8, 4) is 0 Å². The van der Waals surface area contributed by atoms with E-state index in [0.717, 1.165) is 32.1 Å². The molecule has 0 spiro atoms. The molecule has 1 saturated carbocycles. The summed E-state index contributed by atoms with van der Waals surface area (Å²) in [5, 5.41) is 18.6. The van der Waals surface area contributed by atoms with Gasteiger partial charge in [-0.1, -0.05) is 19.3 Å². The van der Waals surface area contributed by atoms with Crippen molar-refractivity contribution in [3.63, 3.8) is 0 Å². The number of hydrogen-bond donors (Lipinski definition) is 2. The Labute approximate surface area is 107 Å². The van der Waals surface area contributed by atoms with Gasteiger partial charge in [0.05, 0.1) is 6.54 Å². The summed E-state index contributed by atoms with van der Waals surface area (Å²) in [6.45, 7) is 0.442. The Morgan fingerprint density at radius 2 is 1.78 bits per heavy atom. The highest BCUT2D eigenvalue weighted by Crippen LogP contribution is 2.43. The maximum atomic E-state index is 11.8. The average Bonchev–Trinajstić information content (AvgIpc) is 2.74. The molecular weight excluding hydrogens is 234 g/mol. The van der Waals surface area contributed by atoms with Gasteiger partial charge in [-0.05, 0) is 38.1 Å². The van der Waals surface area contributed by atoms with Crippen LogP contribution in [0.2, 0.25) is 0 Å². The largest absolute Gasteiger partial charge is 0.480 e. The number of nitrogens with zero attached hydrogens (tertiary/aromatic N) is 1. The Balaban J connectivity index is 2.23. The zero-order valence-electron chi connectivity index (χ0n) is 10.6. The van der Waals surface area contributed by atoms with Crippen LogP contribution in [0.5, 0.6) is 0 Å². The van der Waals surface area contributed by atoms with Crippen molar-refractivity contribution >= 4 is 11.9 Å². The van der Waals surface area contributed by atoms with Crippen LogP contribution < -0.4 is 0 Å². The first-order chi connectivity index (χ1) is 8.57. The lowest BCUT2D eigenvalue weighted by molar-refractivity contribution is -0.157. The number of carbonyl (C=O) groups is 2. The highest BCUT2D eigenvalue weighted by atomic mass is 16.4. The van der Waals surface area contributed by atoms with E-state index in [9.17, 15) is 14.7 Å². The second-order valence-electron chi connectivity index (χ2n) is 5.48. The number of aliphatic carboxylic acids is 2. The number of rotatable bonds is 4. The van der Waals surface area contributed by atoms with Crippen molar-refractivity contribution in [1.29, 1.82) is 0 Å². The van der Waals surface area contributed by atoms with Crippen LogP contribution in [-0.4, -0.2) is 45.7 Å². The summed E-state index contributed by atoms with van der Waals surface area (Å²) in [7, 11) is 0. The fraction of sp³-hybridized carbons (Fsp3) is 0.846. The summed E-state index contributed by atoms with van der Waals surface area (Å²) in [6.07, 6.45) is 6.54. The monoisotopic (exact) mass is 255 g/mol. The third-order valence-electron chi connectivity index (χ3n) is 4.53. The van der Waals surface area contributed by atoms with Gasteiger partial charge in [0, 0.05) is 0 Å². The molecule has 0 radical (unpaired) electrons. The SMILES string of the molecule is O=C(O)CN1CCC[C@]1(C(=O)O)C1CCCCC1. The second kappa shape index (κ2) is 5.26. The first kappa shape index (κ1) is 13.3. The van der Waals surface area contributed by atoms with Crippen LogP contribution in [0.1, 0.15) is 44.9 Å². The Morgan fingerprint density at radius 3 is 2.33 bits per heavy atom. The number of carboxylic acid groups (broad SMARTS) is 2. The van der Waals surface area contributed by atoms with Gasteiger partial charge in [0.2, 0.25) is 0 Å². The summed E-state index contributed by atoms with van der Waals surface area (Å²) in [5.74, 6) is -1.64. The molecule has 1 atom stereocenters. The fourth-order valence-corrected chi connectivity index (χ4v) is 3.74.